The minimum absolute atomic E-state index is 0.117. The van der Waals surface area contributed by atoms with E-state index in [4.69, 9.17) is 4.74 Å². The smallest absolute Gasteiger partial charge is 0.163 e. The van der Waals surface area contributed by atoms with Crippen LogP contribution in [0.5, 0.6) is 0 Å². The highest BCUT2D eigenvalue weighted by atomic mass is 32.2. The minimum atomic E-state index is -3.19. The monoisotopic (exact) mass is 348 g/mol. The molecular formula is C16H20N4O3S. The van der Waals surface area contributed by atoms with E-state index in [0.29, 0.717) is 31.3 Å². The number of hydrogen-bond donors (Lipinski definition) is 0. The van der Waals surface area contributed by atoms with Crippen LogP contribution in [0.2, 0.25) is 0 Å². The number of anilines is 1. The Bertz CT molecular complexity index is 811. The second-order valence-corrected chi connectivity index (χ2v) is 8.11. The van der Waals surface area contributed by atoms with E-state index in [1.165, 1.54) is 6.26 Å². The number of ether oxygens (including phenoxy) is 1. The molecule has 1 aliphatic rings. The summed E-state index contributed by atoms with van der Waals surface area (Å²) in [5, 5.41) is 0. The molecule has 3 rings (SSSR count). The first-order chi connectivity index (χ1) is 11.4. The zero-order valence-electron chi connectivity index (χ0n) is 13.7. The molecule has 0 unspecified atom stereocenters. The molecule has 0 spiro atoms. The van der Waals surface area contributed by atoms with Crippen LogP contribution in [-0.4, -0.2) is 55.4 Å². The van der Waals surface area contributed by atoms with Crippen LogP contribution in [-0.2, 0) is 20.3 Å². The van der Waals surface area contributed by atoms with Crippen molar-refractivity contribution in [2.45, 2.75) is 18.7 Å². The zero-order chi connectivity index (χ0) is 17.2. The van der Waals surface area contributed by atoms with Gasteiger partial charge in [-0.3, -0.25) is 4.98 Å². The van der Waals surface area contributed by atoms with Crippen LogP contribution in [0, 0.1) is 0 Å². The van der Waals surface area contributed by atoms with Crippen LogP contribution in [0.25, 0.3) is 11.4 Å². The lowest BCUT2D eigenvalue weighted by atomic mass is 10.2. The molecule has 0 aliphatic carbocycles. The zero-order valence-corrected chi connectivity index (χ0v) is 14.5. The Kier molecular flexibility index (Phi) is 4.77. The quantitative estimate of drug-likeness (QED) is 0.823. The van der Waals surface area contributed by atoms with Crippen LogP contribution in [0.15, 0.2) is 30.6 Å². The third kappa shape index (κ3) is 4.07. The van der Waals surface area contributed by atoms with E-state index in [9.17, 15) is 8.42 Å². The largest absolute Gasteiger partial charge is 0.377 e. The average Bonchev–Trinajstić information content (AvgIpc) is 2.54. The van der Waals surface area contributed by atoms with Crippen molar-refractivity contribution in [1.82, 2.24) is 15.0 Å². The number of sulfone groups is 1. The Labute approximate surface area is 141 Å². The summed E-state index contributed by atoms with van der Waals surface area (Å²) in [4.78, 5) is 15.3. The first-order valence-electron chi connectivity index (χ1n) is 7.73. The highest BCUT2D eigenvalue weighted by Crippen LogP contribution is 2.23. The molecule has 8 heteroatoms. The Hall–Kier alpha value is -2.06. The van der Waals surface area contributed by atoms with Gasteiger partial charge in [-0.2, -0.15) is 0 Å². The van der Waals surface area contributed by atoms with E-state index in [0.717, 1.165) is 11.4 Å². The summed E-state index contributed by atoms with van der Waals surface area (Å²) >= 11 is 0. The van der Waals surface area contributed by atoms with E-state index in [2.05, 4.69) is 26.8 Å². The van der Waals surface area contributed by atoms with Gasteiger partial charge in [0.15, 0.2) is 15.7 Å². The molecule has 0 saturated carbocycles. The third-order valence-corrected chi connectivity index (χ3v) is 4.58. The molecule has 128 valence electrons. The summed E-state index contributed by atoms with van der Waals surface area (Å²) in [5.41, 5.74) is 1.25. The molecule has 3 heterocycles. The molecule has 1 saturated heterocycles. The number of nitrogens with zero attached hydrogens (tertiary/aromatic N) is 4. The average molecular weight is 348 g/mol. The minimum Gasteiger partial charge on any atom is -0.377 e. The van der Waals surface area contributed by atoms with Gasteiger partial charge in [0.2, 0.25) is 0 Å². The predicted molar refractivity (Wildman–Crippen MR) is 91.4 cm³/mol. The number of rotatable bonds is 4. The van der Waals surface area contributed by atoms with Gasteiger partial charge < -0.3 is 9.64 Å². The van der Waals surface area contributed by atoms with Crippen LogP contribution in [0.4, 0.5) is 5.82 Å². The molecule has 7 nitrogen and oxygen atoms in total. The van der Waals surface area contributed by atoms with Gasteiger partial charge in [0.1, 0.15) is 5.82 Å². The fourth-order valence-corrected chi connectivity index (χ4v) is 3.35. The molecule has 0 amide bonds. The lowest BCUT2D eigenvalue weighted by molar-refractivity contribution is 0.0985. The van der Waals surface area contributed by atoms with Gasteiger partial charge in [0.05, 0.1) is 30.7 Å². The second kappa shape index (κ2) is 6.82. The maximum atomic E-state index is 11.7. The first kappa shape index (κ1) is 16.8. The molecule has 24 heavy (non-hydrogen) atoms. The molecule has 0 N–H and O–H groups in total. The van der Waals surface area contributed by atoms with Crippen molar-refractivity contribution >= 4 is 15.7 Å². The van der Waals surface area contributed by atoms with E-state index in [1.54, 1.807) is 24.5 Å². The molecular weight excluding hydrogens is 328 g/mol. The molecule has 1 aliphatic heterocycles. The van der Waals surface area contributed by atoms with Crippen molar-refractivity contribution in [1.29, 1.82) is 0 Å². The van der Waals surface area contributed by atoms with E-state index in [-0.39, 0.29) is 11.8 Å². The lowest BCUT2D eigenvalue weighted by Crippen LogP contribution is -2.44. The van der Waals surface area contributed by atoms with Crippen molar-refractivity contribution in [3.8, 4) is 11.4 Å². The Morgan fingerprint density at radius 1 is 1.38 bits per heavy atom. The normalized spacial score (nSPS) is 18.6. The predicted octanol–water partition coefficient (Wildman–Crippen LogP) is 1.31. The third-order valence-electron chi connectivity index (χ3n) is 3.76. The van der Waals surface area contributed by atoms with E-state index < -0.39 is 9.84 Å². The van der Waals surface area contributed by atoms with Crippen molar-refractivity contribution in [3.05, 3.63) is 36.3 Å². The van der Waals surface area contributed by atoms with Gasteiger partial charge in [0, 0.05) is 36.8 Å². The fourth-order valence-electron chi connectivity index (χ4n) is 2.66. The summed E-state index contributed by atoms with van der Waals surface area (Å²) < 4.78 is 28.9. The summed E-state index contributed by atoms with van der Waals surface area (Å²) in [7, 11) is -3.19. The van der Waals surface area contributed by atoms with Gasteiger partial charge in [-0.1, -0.05) is 0 Å². The van der Waals surface area contributed by atoms with Crippen molar-refractivity contribution in [2.24, 2.45) is 0 Å². The van der Waals surface area contributed by atoms with Crippen molar-refractivity contribution in [3.63, 3.8) is 0 Å². The Morgan fingerprint density at radius 3 is 2.88 bits per heavy atom. The maximum Gasteiger partial charge on any atom is 0.163 e. The molecule has 1 atom stereocenters. The van der Waals surface area contributed by atoms with Crippen LogP contribution in [0.1, 0.15) is 12.6 Å². The standard InChI is InChI=1S/C16H20N4O3S/c1-12-10-23-7-6-20(12)15-8-14(11-24(2,21)22)18-16(19-15)13-4-3-5-17-9-13/h3-5,8-9,12H,6-7,10-11H2,1-2H3/t12-/m0/s1. The van der Waals surface area contributed by atoms with Crippen LogP contribution >= 0.6 is 0 Å². The molecule has 0 aromatic carbocycles. The molecule has 2 aromatic heterocycles. The number of aromatic nitrogens is 3. The summed E-state index contributed by atoms with van der Waals surface area (Å²) in [5.74, 6) is 1.09. The van der Waals surface area contributed by atoms with Gasteiger partial charge in [-0.05, 0) is 19.1 Å². The molecule has 0 bridgehead atoms. The molecule has 1 fully saturated rings. The number of morpholine rings is 1. The lowest BCUT2D eigenvalue weighted by Gasteiger charge is -2.34. The fraction of sp³-hybridized carbons (Fsp3) is 0.438. The highest BCUT2D eigenvalue weighted by Gasteiger charge is 2.22. The maximum absolute atomic E-state index is 11.7. The second-order valence-electron chi connectivity index (χ2n) is 5.97. The van der Waals surface area contributed by atoms with Crippen molar-refractivity contribution < 1.29 is 13.2 Å². The van der Waals surface area contributed by atoms with Crippen molar-refractivity contribution in [2.75, 3.05) is 30.9 Å². The molecule has 2 aromatic rings. The van der Waals surface area contributed by atoms with Gasteiger partial charge in [-0.25, -0.2) is 18.4 Å². The highest BCUT2D eigenvalue weighted by molar-refractivity contribution is 7.89. The summed E-state index contributed by atoms with van der Waals surface area (Å²) in [6.07, 6.45) is 4.55. The Morgan fingerprint density at radius 2 is 2.21 bits per heavy atom. The van der Waals surface area contributed by atoms with Crippen LogP contribution < -0.4 is 4.90 Å². The number of pyridine rings is 1. The SMILES string of the molecule is C[C@H]1COCCN1c1cc(CS(C)(=O)=O)nc(-c2cccnc2)n1. The summed E-state index contributed by atoms with van der Waals surface area (Å²) in [6, 6.07) is 5.59. The van der Waals surface area contributed by atoms with E-state index >= 15 is 0 Å². The molecule has 0 radical (unpaired) electrons. The number of hydrogen-bond acceptors (Lipinski definition) is 7. The summed E-state index contributed by atoms with van der Waals surface area (Å²) in [6.45, 7) is 4.01. The van der Waals surface area contributed by atoms with E-state index in [1.807, 2.05) is 6.07 Å². The van der Waals surface area contributed by atoms with Gasteiger partial charge in [-0.15, -0.1) is 0 Å². The van der Waals surface area contributed by atoms with Gasteiger partial charge in [0.25, 0.3) is 0 Å². The topological polar surface area (TPSA) is 85.3 Å². The first-order valence-corrected chi connectivity index (χ1v) is 9.79. The Balaban J connectivity index is 2.05. The van der Waals surface area contributed by atoms with Gasteiger partial charge >= 0.3 is 0 Å². The van der Waals surface area contributed by atoms with Crippen LogP contribution in [0.3, 0.4) is 0 Å².